The molecule has 5 heteroatoms. The lowest BCUT2D eigenvalue weighted by Crippen LogP contribution is -2.12. The standard InChI is InChI=1S/C10H11N3O2/c1-2-15-9(14)6-13-7-12-8-4-3-5-11-10(8)13/h3-5,7H,2,6H2,1H3. The van der Waals surface area contributed by atoms with Crippen LogP contribution in [0.3, 0.4) is 0 Å². The third-order valence-corrected chi connectivity index (χ3v) is 1.98. The summed E-state index contributed by atoms with van der Waals surface area (Å²) in [5.41, 5.74) is 1.48. The van der Waals surface area contributed by atoms with Gasteiger partial charge in [-0.3, -0.25) is 4.79 Å². The lowest BCUT2D eigenvalue weighted by atomic mass is 10.4. The fourth-order valence-electron chi connectivity index (χ4n) is 1.36. The molecule has 0 aliphatic carbocycles. The Hall–Kier alpha value is -1.91. The molecular formula is C10H11N3O2. The average Bonchev–Trinajstić information content (AvgIpc) is 2.62. The highest BCUT2D eigenvalue weighted by atomic mass is 16.5. The van der Waals surface area contributed by atoms with E-state index in [-0.39, 0.29) is 12.5 Å². The maximum Gasteiger partial charge on any atom is 0.326 e. The Balaban J connectivity index is 2.25. The molecule has 0 spiro atoms. The molecule has 0 saturated carbocycles. The predicted octanol–water partition coefficient (Wildman–Crippen LogP) is 0.994. The Morgan fingerprint density at radius 2 is 2.40 bits per heavy atom. The molecule has 2 heterocycles. The first-order chi connectivity index (χ1) is 7.31. The summed E-state index contributed by atoms with van der Waals surface area (Å²) >= 11 is 0. The lowest BCUT2D eigenvalue weighted by Gasteiger charge is -2.02. The van der Waals surface area contributed by atoms with Gasteiger partial charge in [0.2, 0.25) is 0 Å². The van der Waals surface area contributed by atoms with E-state index in [1.54, 1.807) is 24.0 Å². The molecule has 0 N–H and O–H groups in total. The van der Waals surface area contributed by atoms with E-state index in [1.165, 1.54) is 0 Å². The zero-order chi connectivity index (χ0) is 10.7. The van der Waals surface area contributed by atoms with Crippen LogP contribution in [-0.2, 0) is 16.1 Å². The smallest absolute Gasteiger partial charge is 0.326 e. The van der Waals surface area contributed by atoms with E-state index < -0.39 is 0 Å². The monoisotopic (exact) mass is 205 g/mol. The van der Waals surface area contributed by atoms with E-state index in [9.17, 15) is 4.79 Å². The number of fused-ring (bicyclic) bond motifs is 1. The van der Waals surface area contributed by atoms with Gasteiger partial charge in [-0.1, -0.05) is 0 Å². The highest BCUT2D eigenvalue weighted by Gasteiger charge is 2.07. The number of hydrogen-bond acceptors (Lipinski definition) is 4. The number of ether oxygens (including phenoxy) is 1. The van der Waals surface area contributed by atoms with E-state index in [0.29, 0.717) is 12.3 Å². The molecule has 0 aliphatic heterocycles. The van der Waals surface area contributed by atoms with Crippen molar-refractivity contribution >= 4 is 17.1 Å². The van der Waals surface area contributed by atoms with E-state index in [2.05, 4.69) is 9.97 Å². The first kappa shape index (κ1) is 9.64. The van der Waals surface area contributed by atoms with Crippen LogP contribution < -0.4 is 0 Å². The number of nitrogens with zero attached hydrogens (tertiary/aromatic N) is 3. The fraction of sp³-hybridized carbons (Fsp3) is 0.300. The highest BCUT2D eigenvalue weighted by Crippen LogP contribution is 2.08. The lowest BCUT2D eigenvalue weighted by molar-refractivity contribution is -0.143. The first-order valence-corrected chi connectivity index (χ1v) is 4.72. The largest absolute Gasteiger partial charge is 0.465 e. The van der Waals surface area contributed by atoms with E-state index in [4.69, 9.17) is 4.74 Å². The summed E-state index contributed by atoms with van der Waals surface area (Å²) in [5.74, 6) is -0.276. The Labute approximate surface area is 86.7 Å². The van der Waals surface area contributed by atoms with Crippen LogP contribution in [0, 0.1) is 0 Å². The maximum atomic E-state index is 11.3. The molecular weight excluding hydrogens is 194 g/mol. The minimum Gasteiger partial charge on any atom is -0.465 e. The van der Waals surface area contributed by atoms with Crippen molar-refractivity contribution in [3.63, 3.8) is 0 Å². The van der Waals surface area contributed by atoms with Crippen molar-refractivity contribution in [3.05, 3.63) is 24.7 Å². The predicted molar refractivity (Wildman–Crippen MR) is 54.2 cm³/mol. The third-order valence-electron chi connectivity index (χ3n) is 1.98. The number of pyridine rings is 1. The zero-order valence-electron chi connectivity index (χ0n) is 8.38. The van der Waals surface area contributed by atoms with Gasteiger partial charge in [-0.2, -0.15) is 0 Å². The maximum absolute atomic E-state index is 11.3. The van der Waals surface area contributed by atoms with Crippen LogP contribution in [0.15, 0.2) is 24.7 Å². The number of aromatic nitrogens is 3. The van der Waals surface area contributed by atoms with E-state index >= 15 is 0 Å². The summed E-state index contributed by atoms with van der Waals surface area (Å²) in [6.07, 6.45) is 3.26. The first-order valence-electron chi connectivity index (χ1n) is 4.72. The molecule has 2 rings (SSSR count). The van der Waals surface area contributed by atoms with Crippen molar-refractivity contribution in [2.45, 2.75) is 13.5 Å². The summed E-state index contributed by atoms with van der Waals surface area (Å²) in [4.78, 5) is 19.5. The van der Waals surface area contributed by atoms with Gasteiger partial charge in [0.1, 0.15) is 12.1 Å². The number of hydrogen-bond donors (Lipinski definition) is 0. The number of rotatable bonds is 3. The van der Waals surface area contributed by atoms with Crippen LogP contribution >= 0.6 is 0 Å². The summed E-state index contributed by atoms with van der Waals surface area (Å²) in [7, 11) is 0. The molecule has 15 heavy (non-hydrogen) atoms. The second-order valence-electron chi connectivity index (χ2n) is 3.02. The number of carbonyl (C=O) groups is 1. The number of imidazole rings is 1. The molecule has 0 fully saturated rings. The molecule has 0 saturated heterocycles. The molecule has 78 valence electrons. The van der Waals surface area contributed by atoms with Gasteiger partial charge < -0.3 is 9.30 Å². The van der Waals surface area contributed by atoms with Crippen molar-refractivity contribution in [2.24, 2.45) is 0 Å². The second-order valence-corrected chi connectivity index (χ2v) is 3.02. The molecule has 0 amide bonds. The molecule has 5 nitrogen and oxygen atoms in total. The molecule has 2 aromatic heterocycles. The average molecular weight is 205 g/mol. The SMILES string of the molecule is CCOC(=O)Cn1cnc2cccnc21. The van der Waals surface area contributed by atoms with Crippen LogP contribution in [0.1, 0.15) is 6.92 Å². The number of esters is 1. The van der Waals surface area contributed by atoms with Gasteiger partial charge in [-0.05, 0) is 19.1 Å². The van der Waals surface area contributed by atoms with Crippen LogP contribution in [-0.4, -0.2) is 27.1 Å². The summed E-state index contributed by atoms with van der Waals surface area (Å²) in [5, 5.41) is 0. The minimum absolute atomic E-state index is 0.154. The van der Waals surface area contributed by atoms with E-state index in [0.717, 1.165) is 5.52 Å². The Morgan fingerprint density at radius 3 is 3.20 bits per heavy atom. The molecule has 0 bridgehead atoms. The Kier molecular flexibility index (Phi) is 2.62. The van der Waals surface area contributed by atoms with Crippen LogP contribution in [0.4, 0.5) is 0 Å². The summed E-state index contributed by atoms with van der Waals surface area (Å²) in [6, 6.07) is 3.66. The minimum atomic E-state index is -0.276. The van der Waals surface area contributed by atoms with Gasteiger partial charge in [0.25, 0.3) is 0 Å². The van der Waals surface area contributed by atoms with Crippen molar-refractivity contribution < 1.29 is 9.53 Å². The Bertz CT molecular complexity index is 478. The van der Waals surface area contributed by atoms with Crippen LogP contribution in [0.25, 0.3) is 11.2 Å². The molecule has 0 aromatic carbocycles. The highest BCUT2D eigenvalue weighted by molar-refractivity contribution is 5.74. The third kappa shape index (κ3) is 1.96. The van der Waals surface area contributed by atoms with Crippen LogP contribution in [0.2, 0.25) is 0 Å². The molecule has 0 radical (unpaired) electrons. The fourth-order valence-corrected chi connectivity index (χ4v) is 1.36. The molecule has 2 aromatic rings. The number of carbonyl (C=O) groups excluding carboxylic acids is 1. The van der Waals surface area contributed by atoms with Crippen molar-refractivity contribution in [1.29, 1.82) is 0 Å². The van der Waals surface area contributed by atoms with Crippen LogP contribution in [0.5, 0.6) is 0 Å². The quantitative estimate of drug-likeness (QED) is 0.701. The molecule has 0 atom stereocenters. The summed E-state index contributed by atoms with van der Waals surface area (Å²) in [6.45, 7) is 2.32. The van der Waals surface area contributed by atoms with Gasteiger partial charge in [0, 0.05) is 6.20 Å². The normalized spacial score (nSPS) is 10.5. The summed E-state index contributed by atoms with van der Waals surface area (Å²) < 4.78 is 6.52. The Morgan fingerprint density at radius 1 is 1.53 bits per heavy atom. The van der Waals surface area contributed by atoms with Crippen molar-refractivity contribution in [1.82, 2.24) is 14.5 Å². The van der Waals surface area contributed by atoms with Crippen molar-refractivity contribution in [2.75, 3.05) is 6.61 Å². The van der Waals surface area contributed by atoms with Gasteiger partial charge in [-0.25, -0.2) is 9.97 Å². The van der Waals surface area contributed by atoms with Gasteiger partial charge in [0.15, 0.2) is 5.65 Å². The molecule has 0 unspecified atom stereocenters. The zero-order valence-corrected chi connectivity index (χ0v) is 8.38. The topological polar surface area (TPSA) is 57.0 Å². The van der Waals surface area contributed by atoms with Crippen molar-refractivity contribution in [3.8, 4) is 0 Å². The van der Waals surface area contributed by atoms with E-state index in [1.807, 2.05) is 12.1 Å². The molecule has 0 aliphatic rings. The van der Waals surface area contributed by atoms with Gasteiger partial charge in [0.05, 0.1) is 12.9 Å². The van der Waals surface area contributed by atoms with Gasteiger partial charge >= 0.3 is 5.97 Å². The van der Waals surface area contributed by atoms with Gasteiger partial charge in [-0.15, -0.1) is 0 Å². The second kappa shape index (κ2) is 4.08.